The maximum atomic E-state index is 12.5. The Morgan fingerprint density at radius 3 is 2.32 bits per heavy atom. The fourth-order valence-corrected chi connectivity index (χ4v) is 3.06. The molecule has 0 saturated heterocycles. The van der Waals surface area contributed by atoms with Crippen LogP contribution in [-0.2, 0) is 4.79 Å². The predicted octanol–water partition coefficient (Wildman–Crippen LogP) is 5.97. The normalized spacial score (nSPS) is 10.6. The van der Waals surface area contributed by atoms with E-state index in [1.165, 1.54) is 6.07 Å². The topological polar surface area (TPSA) is 83.4 Å². The van der Waals surface area contributed by atoms with E-state index in [0.29, 0.717) is 32.7 Å². The van der Waals surface area contributed by atoms with Crippen LogP contribution in [0.25, 0.3) is 11.3 Å². The van der Waals surface area contributed by atoms with Gasteiger partial charge >= 0.3 is 0 Å². The zero-order valence-corrected chi connectivity index (χ0v) is 19.0. The zero-order valence-electron chi connectivity index (χ0n) is 16.7. The number of hydrogen-bond donors (Lipinski definition) is 3. The van der Waals surface area contributed by atoms with Gasteiger partial charge < -0.3 is 15.1 Å². The van der Waals surface area contributed by atoms with Gasteiger partial charge in [-0.1, -0.05) is 43.1 Å². The molecule has 2 amide bonds. The fraction of sp³-hybridized carbons (Fsp3) is 0.136. The summed E-state index contributed by atoms with van der Waals surface area (Å²) in [5.41, 5.74) is 1.92. The Hall–Kier alpha value is -2.87. The average Bonchev–Trinajstić information content (AvgIpc) is 3.20. The number of anilines is 2. The Kier molecular flexibility index (Phi) is 7.33. The predicted molar refractivity (Wildman–Crippen MR) is 128 cm³/mol. The molecular weight excluding hydrogens is 457 g/mol. The summed E-state index contributed by atoms with van der Waals surface area (Å²) in [6.07, 6.45) is 0. The molecule has 0 saturated carbocycles. The third-order valence-corrected chi connectivity index (χ3v) is 5.12. The van der Waals surface area contributed by atoms with Gasteiger partial charge in [0.1, 0.15) is 5.76 Å². The van der Waals surface area contributed by atoms with E-state index in [2.05, 4.69) is 16.0 Å². The largest absolute Gasteiger partial charge is 0.451 e. The molecule has 6 nitrogen and oxygen atoms in total. The molecule has 3 rings (SSSR count). The monoisotopic (exact) mass is 475 g/mol. The Labute approximate surface area is 194 Å². The van der Waals surface area contributed by atoms with Gasteiger partial charge in [-0.3, -0.25) is 14.9 Å². The quantitative estimate of drug-likeness (QED) is 0.395. The molecule has 0 aliphatic carbocycles. The van der Waals surface area contributed by atoms with Crippen LogP contribution < -0.4 is 16.0 Å². The third kappa shape index (κ3) is 6.07. The number of thiocarbonyl (C=S) groups is 1. The summed E-state index contributed by atoms with van der Waals surface area (Å²) in [6, 6.07) is 15.3. The van der Waals surface area contributed by atoms with Crippen LogP contribution in [0, 0.1) is 5.92 Å². The number of rotatable bonds is 5. The molecule has 0 aliphatic rings. The Morgan fingerprint density at radius 2 is 1.65 bits per heavy atom. The second kappa shape index (κ2) is 9.96. The number of halogens is 2. The molecule has 2 aromatic carbocycles. The van der Waals surface area contributed by atoms with E-state index in [-0.39, 0.29) is 22.7 Å². The molecule has 0 radical (unpaired) electrons. The Bertz CT molecular complexity index is 1140. The molecule has 0 unspecified atom stereocenters. The van der Waals surface area contributed by atoms with E-state index in [1.54, 1.807) is 48.5 Å². The van der Waals surface area contributed by atoms with Crippen molar-refractivity contribution in [3.8, 4) is 11.3 Å². The summed E-state index contributed by atoms with van der Waals surface area (Å²) in [5.74, 6) is -0.185. The number of hydrogen-bond acceptors (Lipinski definition) is 4. The van der Waals surface area contributed by atoms with Gasteiger partial charge in [0.2, 0.25) is 5.91 Å². The molecule has 0 spiro atoms. The fourth-order valence-electron chi connectivity index (χ4n) is 2.55. The van der Waals surface area contributed by atoms with Crippen LogP contribution in [0.2, 0.25) is 10.0 Å². The highest BCUT2D eigenvalue weighted by Gasteiger charge is 2.15. The van der Waals surface area contributed by atoms with Gasteiger partial charge in [-0.2, -0.15) is 0 Å². The molecule has 1 heterocycles. The minimum absolute atomic E-state index is 0.0863. The van der Waals surface area contributed by atoms with Crippen LogP contribution in [0.3, 0.4) is 0 Å². The summed E-state index contributed by atoms with van der Waals surface area (Å²) in [4.78, 5) is 24.3. The van der Waals surface area contributed by atoms with Crippen LogP contribution in [0.5, 0.6) is 0 Å². The minimum atomic E-state index is -0.506. The van der Waals surface area contributed by atoms with E-state index in [9.17, 15) is 9.59 Å². The lowest BCUT2D eigenvalue weighted by atomic mass is 10.2. The van der Waals surface area contributed by atoms with Crippen LogP contribution in [0.4, 0.5) is 11.4 Å². The number of carbonyl (C=O) groups excluding carboxylic acids is 2. The molecule has 0 atom stereocenters. The summed E-state index contributed by atoms with van der Waals surface area (Å²) in [5, 5.41) is 9.18. The van der Waals surface area contributed by atoms with Crippen LogP contribution in [0.1, 0.15) is 24.4 Å². The SMILES string of the molecule is CC(C)C(=O)Nc1cccc(NC(=S)NC(=O)c2ccc(-c3ccc(Cl)c(Cl)c3)o2)c1. The summed E-state index contributed by atoms with van der Waals surface area (Å²) in [7, 11) is 0. The van der Waals surface area contributed by atoms with Crippen molar-refractivity contribution in [2.24, 2.45) is 5.92 Å². The third-order valence-electron chi connectivity index (χ3n) is 4.17. The van der Waals surface area contributed by atoms with Gasteiger partial charge in [0.25, 0.3) is 5.91 Å². The molecule has 3 N–H and O–H groups in total. The van der Waals surface area contributed by atoms with Gasteiger partial charge in [0, 0.05) is 22.9 Å². The Morgan fingerprint density at radius 1 is 0.935 bits per heavy atom. The van der Waals surface area contributed by atoms with Gasteiger partial charge in [-0.15, -0.1) is 0 Å². The van der Waals surface area contributed by atoms with E-state index >= 15 is 0 Å². The van der Waals surface area contributed by atoms with Crippen LogP contribution >= 0.6 is 35.4 Å². The smallest absolute Gasteiger partial charge is 0.293 e. The van der Waals surface area contributed by atoms with Crippen molar-refractivity contribution >= 4 is 63.7 Å². The summed E-state index contributed by atoms with van der Waals surface area (Å²) in [6.45, 7) is 3.62. The van der Waals surface area contributed by atoms with E-state index in [4.69, 9.17) is 39.8 Å². The van der Waals surface area contributed by atoms with Crippen LogP contribution in [0.15, 0.2) is 59.0 Å². The number of carbonyl (C=O) groups is 2. The van der Waals surface area contributed by atoms with Gasteiger partial charge in [-0.25, -0.2) is 0 Å². The molecule has 0 aliphatic heterocycles. The van der Waals surface area contributed by atoms with Crippen molar-refractivity contribution in [2.75, 3.05) is 10.6 Å². The number of furan rings is 1. The minimum Gasteiger partial charge on any atom is -0.451 e. The zero-order chi connectivity index (χ0) is 22.5. The van der Waals surface area contributed by atoms with Crippen molar-refractivity contribution in [2.45, 2.75) is 13.8 Å². The molecule has 1 aromatic heterocycles. The summed E-state index contributed by atoms with van der Waals surface area (Å²) >= 11 is 17.2. The lowest BCUT2D eigenvalue weighted by Gasteiger charge is -2.11. The first-order valence-corrected chi connectivity index (χ1v) is 10.5. The van der Waals surface area contributed by atoms with Gasteiger partial charge in [-0.05, 0) is 60.7 Å². The molecule has 160 valence electrons. The highest BCUT2D eigenvalue weighted by Crippen LogP contribution is 2.29. The van der Waals surface area contributed by atoms with Crippen molar-refractivity contribution in [3.05, 3.63) is 70.4 Å². The van der Waals surface area contributed by atoms with Crippen molar-refractivity contribution in [1.29, 1.82) is 0 Å². The standard InChI is InChI=1S/C22H19Cl2N3O3S/c1-12(2)20(28)25-14-4-3-5-15(11-14)26-22(31)27-21(29)19-9-8-18(30-19)13-6-7-16(23)17(24)10-13/h3-12H,1-2H3,(H,25,28)(H2,26,27,29,31). The highest BCUT2D eigenvalue weighted by atomic mass is 35.5. The lowest BCUT2D eigenvalue weighted by molar-refractivity contribution is -0.118. The maximum Gasteiger partial charge on any atom is 0.293 e. The summed E-state index contributed by atoms with van der Waals surface area (Å²) < 4.78 is 5.61. The van der Waals surface area contributed by atoms with Crippen molar-refractivity contribution in [1.82, 2.24) is 5.32 Å². The maximum absolute atomic E-state index is 12.5. The molecule has 3 aromatic rings. The molecule has 9 heteroatoms. The molecule has 0 bridgehead atoms. The number of amides is 2. The highest BCUT2D eigenvalue weighted by molar-refractivity contribution is 7.80. The van der Waals surface area contributed by atoms with Gasteiger partial charge in [0.15, 0.2) is 10.9 Å². The van der Waals surface area contributed by atoms with E-state index in [0.717, 1.165) is 0 Å². The first-order chi connectivity index (χ1) is 14.7. The molecule has 0 fully saturated rings. The lowest BCUT2D eigenvalue weighted by Crippen LogP contribution is -2.33. The van der Waals surface area contributed by atoms with Crippen LogP contribution in [-0.4, -0.2) is 16.9 Å². The molecular formula is C22H19Cl2N3O3S. The number of benzene rings is 2. The van der Waals surface area contributed by atoms with Crippen molar-refractivity contribution < 1.29 is 14.0 Å². The van der Waals surface area contributed by atoms with Gasteiger partial charge in [0.05, 0.1) is 10.0 Å². The average molecular weight is 476 g/mol. The second-order valence-electron chi connectivity index (χ2n) is 6.93. The number of nitrogens with one attached hydrogen (secondary N) is 3. The first-order valence-electron chi connectivity index (χ1n) is 9.31. The van der Waals surface area contributed by atoms with E-state index < -0.39 is 5.91 Å². The first kappa shape index (κ1) is 22.8. The molecule has 31 heavy (non-hydrogen) atoms. The van der Waals surface area contributed by atoms with Crippen molar-refractivity contribution in [3.63, 3.8) is 0 Å². The Balaban J connectivity index is 1.62. The van der Waals surface area contributed by atoms with E-state index in [1.807, 2.05) is 13.8 Å². The second-order valence-corrected chi connectivity index (χ2v) is 8.15.